The maximum absolute atomic E-state index is 13.8. The van der Waals surface area contributed by atoms with E-state index < -0.39 is 5.41 Å². The smallest absolute Gasteiger partial charge is 0.230 e. The van der Waals surface area contributed by atoms with Crippen LogP contribution in [-0.4, -0.2) is 29.2 Å². The Morgan fingerprint density at radius 3 is 2.25 bits per heavy atom. The minimum absolute atomic E-state index is 0.221. The summed E-state index contributed by atoms with van der Waals surface area (Å²) in [7, 11) is 0. The highest BCUT2D eigenvalue weighted by Crippen LogP contribution is 2.71. The Labute approximate surface area is 146 Å². The second-order valence-electron chi connectivity index (χ2n) is 11.3. The van der Waals surface area contributed by atoms with Gasteiger partial charge >= 0.3 is 0 Å². The quantitative estimate of drug-likeness (QED) is 0.722. The molecule has 4 rings (SSSR count). The molecule has 24 heavy (non-hydrogen) atoms. The van der Waals surface area contributed by atoms with Gasteiger partial charge in [0.25, 0.3) is 0 Å². The van der Waals surface area contributed by atoms with Crippen molar-refractivity contribution < 1.29 is 9.59 Å². The summed E-state index contributed by atoms with van der Waals surface area (Å²) in [6.07, 6.45) is 5.70. The number of amides is 1. The molecule has 0 spiro atoms. The van der Waals surface area contributed by atoms with Gasteiger partial charge in [0.15, 0.2) is 0 Å². The van der Waals surface area contributed by atoms with E-state index in [9.17, 15) is 9.59 Å². The first-order chi connectivity index (χ1) is 10.9. The van der Waals surface area contributed by atoms with Crippen LogP contribution in [0, 0.1) is 27.1 Å². The number of hydrogen-bond donors (Lipinski definition) is 0. The first kappa shape index (κ1) is 16.6. The summed E-state index contributed by atoms with van der Waals surface area (Å²) >= 11 is 0. The standard InChI is InChI=1S/C21H33NO2/c1-17(2)9-14-10-19(5,12-17)13-22(14)16(24)21-8-7-20(6,15(23)11-21)18(21,3)4/h14H,7-13H2,1-6H3/t14-,19+,20-,21+/m1/s1. The molecule has 0 unspecified atom stereocenters. The fourth-order valence-corrected chi connectivity index (χ4v) is 7.31. The van der Waals surface area contributed by atoms with Crippen LogP contribution in [0.1, 0.15) is 80.1 Å². The lowest BCUT2D eigenvalue weighted by Gasteiger charge is -2.43. The number of carbonyl (C=O) groups is 2. The van der Waals surface area contributed by atoms with E-state index in [2.05, 4.69) is 46.4 Å². The molecule has 4 bridgehead atoms. The second-order valence-corrected chi connectivity index (χ2v) is 11.3. The van der Waals surface area contributed by atoms with Crippen molar-refractivity contribution in [1.29, 1.82) is 0 Å². The Morgan fingerprint density at radius 2 is 1.71 bits per heavy atom. The van der Waals surface area contributed by atoms with E-state index >= 15 is 0 Å². The van der Waals surface area contributed by atoms with E-state index in [4.69, 9.17) is 0 Å². The Balaban J connectivity index is 1.70. The summed E-state index contributed by atoms with van der Waals surface area (Å²) in [6, 6.07) is 0.374. The molecule has 134 valence electrons. The van der Waals surface area contributed by atoms with Gasteiger partial charge in [-0.3, -0.25) is 9.59 Å². The van der Waals surface area contributed by atoms with Crippen LogP contribution in [0.4, 0.5) is 0 Å². The number of carbonyl (C=O) groups excluding carboxylic acids is 2. The maximum Gasteiger partial charge on any atom is 0.230 e. The molecule has 3 heteroatoms. The van der Waals surface area contributed by atoms with Gasteiger partial charge in [0.1, 0.15) is 5.78 Å². The summed E-state index contributed by atoms with van der Waals surface area (Å²) in [4.78, 5) is 28.7. The summed E-state index contributed by atoms with van der Waals surface area (Å²) in [6.45, 7) is 14.4. The van der Waals surface area contributed by atoms with Crippen LogP contribution in [0.3, 0.4) is 0 Å². The van der Waals surface area contributed by atoms with Gasteiger partial charge in [0.05, 0.1) is 5.41 Å². The van der Waals surface area contributed by atoms with E-state index in [-0.39, 0.29) is 16.2 Å². The third kappa shape index (κ3) is 1.74. The zero-order valence-electron chi connectivity index (χ0n) is 16.3. The molecule has 0 radical (unpaired) electrons. The maximum atomic E-state index is 13.8. The number of nitrogens with zero attached hydrogens (tertiary/aromatic N) is 1. The predicted molar refractivity (Wildman–Crippen MR) is 94.4 cm³/mol. The van der Waals surface area contributed by atoms with E-state index in [1.54, 1.807) is 0 Å². The number of hydrogen-bond acceptors (Lipinski definition) is 2. The molecular formula is C21H33NO2. The van der Waals surface area contributed by atoms with E-state index in [0.29, 0.717) is 29.6 Å². The zero-order valence-corrected chi connectivity index (χ0v) is 16.3. The first-order valence-corrected chi connectivity index (χ1v) is 9.70. The lowest BCUT2D eigenvalue weighted by atomic mass is 9.64. The van der Waals surface area contributed by atoms with Crippen molar-refractivity contribution >= 4 is 11.7 Å². The molecule has 0 aromatic heterocycles. The molecule has 4 aliphatic rings. The third-order valence-electron chi connectivity index (χ3n) is 8.79. The van der Waals surface area contributed by atoms with Crippen LogP contribution < -0.4 is 0 Å². The van der Waals surface area contributed by atoms with E-state index in [0.717, 1.165) is 32.2 Å². The van der Waals surface area contributed by atoms with Gasteiger partial charge in [0, 0.05) is 24.4 Å². The van der Waals surface area contributed by atoms with E-state index in [1.165, 1.54) is 6.42 Å². The molecule has 4 fully saturated rings. The Kier molecular flexibility index (Phi) is 2.95. The molecule has 1 saturated heterocycles. The van der Waals surface area contributed by atoms with Gasteiger partial charge in [-0.05, 0) is 48.3 Å². The van der Waals surface area contributed by atoms with Crippen molar-refractivity contribution in [3.63, 3.8) is 0 Å². The Hall–Kier alpha value is -0.860. The predicted octanol–water partition coefficient (Wildman–Crippen LogP) is 4.20. The molecule has 0 N–H and O–H groups in total. The molecule has 3 saturated carbocycles. The van der Waals surface area contributed by atoms with Gasteiger partial charge in [-0.25, -0.2) is 0 Å². The monoisotopic (exact) mass is 331 g/mol. The van der Waals surface area contributed by atoms with Crippen LogP contribution in [-0.2, 0) is 9.59 Å². The molecule has 4 atom stereocenters. The largest absolute Gasteiger partial charge is 0.339 e. The number of fused-ring (bicyclic) bond motifs is 4. The van der Waals surface area contributed by atoms with Crippen molar-refractivity contribution in [2.24, 2.45) is 27.1 Å². The molecule has 1 heterocycles. The summed E-state index contributed by atoms with van der Waals surface area (Å²) in [5.74, 6) is 0.620. The number of likely N-dealkylation sites (tertiary alicyclic amines) is 1. The van der Waals surface area contributed by atoms with Crippen molar-refractivity contribution in [3.05, 3.63) is 0 Å². The highest BCUT2D eigenvalue weighted by atomic mass is 16.2. The number of Topliss-reactive ketones (excluding diaryl/α,β-unsaturated/α-hetero) is 1. The summed E-state index contributed by atoms with van der Waals surface area (Å²) in [5.41, 5.74) is -0.401. The van der Waals surface area contributed by atoms with Crippen LogP contribution >= 0.6 is 0 Å². The van der Waals surface area contributed by atoms with Crippen LogP contribution in [0.25, 0.3) is 0 Å². The zero-order chi connectivity index (χ0) is 17.8. The molecule has 3 nitrogen and oxygen atoms in total. The van der Waals surface area contributed by atoms with Gasteiger partial charge in [-0.2, -0.15) is 0 Å². The molecule has 3 aliphatic carbocycles. The highest BCUT2D eigenvalue weighted by molar-refractivity contribution is 5.99. The minimum Gasteiger partial charge on any atom is -0.339 e. The molecule has 0 aromatic rings. The van der Waals surface area contributed by atoms with Crippen LogP contribution in [0.5, 0.6) is 0 Å². The average Bonchev–Trinajstić information content (AvgIpc) is 2.86. The van der Waals surface area contributed by atoms with Crippen molar-refractivity contribution in [1.82, 2.24) is 4.90 Å². The fourth-order valence-electron chi connectivity index (χ4n) is 7.31. The third-order valence-corrected chi connectivity index (χ3v) is 8.79. The van der Waals surface area contributed by atoms with Gasteiger partial charge < -0.3 is 4.90 Å². The number of rotatable bonds is 1. The Morgan fingerprint density at radius 1 is 1.04 bits per heavy atom. The van der Waals surface area contributed by atoms with Crippen molar-refractivity contribution in [3.8, 4) is 0 Å². The first-order valence-electron chi connectivity index (χ1n) is 9.70. The average molecular weight is 332 g/mol. The van der Waals surface area contributed by atoms with Crippen molar-refractivity contribution in [2.75, 3.05) is 6.54 Å². The van der Waals surface area contributed by atoms with Gasteiger partial charge in [-0.1, -0.05) is 41.5 Å². The topological polar surface area (TPSA) is 37.4 Å². The van der Waals surface area contributed by atoms with Crippen LogP contribution in [0.15, 0.2) is 0 Å². The molecule has 1 aliphatic heterocycles. The normalized spacial score (nSPS) is 48.2. The van der Waals surface area contributed by atoms with Gasteiger partial charge in [-0.15, -0.1) is 0 Å². The van der Waals surface area contributed by atoms with Crippen molar-refractivity contribution in [2.45, 2.75) is 86.1 Å². The van der Waals surface area contributed by atoms with Gasteiger partial charge in [0.2, 0.25) is 5.91 Å². The van der Waals surface area contributed by atoms with Crippen LogP contribution in [0.2, 0.25) is 0 Å². The molecular weight excluding hydrogens is 298 g/mol. The van der Waals surface area contributed by atoms with E-state index in [1.807, 2.05) is 0 Å². The fraction of sp³-hybridized carbons (Fsp3) is 0.905. The minimum atomic E-state index is -0.448. The lowest BCUT2D eigenvalue weighted by Crippen LogP contribution is -2.50. The summed E-state index contributed by atoms with van der Waals surface area (Å²) in [5, 5.41) is 0. The summed E-state index contributed by atoms with van der Waals surface area (Å²) < 4.78 is 0. The lowest BCUT2D eigenvalue weighted by molar-refractivity contribution is -0.149. The molecule has 1 amide bonds. The Bertz CT molecular complexity index is 636. The highest BCUT2D eigenvalue weighted by Gasteiger charge is 2.73. The molecule has 0 aromatic carbocycles. The second kappa shape index (κ2) is 4.27. The SMILES string of the molecule is CC1(C)C[C@@H]2C[C@](C)(CN2C(=O)[C@]23CC[C@](C)(C(=O)C2)C3(C)C)C1. The number of ketones is 1.